The zero-order valence-corrected chi connectivity index (χ0v) is 25.0. The van der Waals surface area contributed by atoms with Crippen LogP contribution in [0.3, 0.4) is 0 Å². The van der Waals surface area contributed by atoms with Crippen LogP contribution < -0.4 is 4.90 Å². The molecule has 0 amide bonds. The van der Waals surface area contributed by atoms with E-state index in [-0.39, 0.29) is 0 Å². The zero-order chi connectivity index (χ0) is 28.8. The molecule has 10 aromatic rings. The van der Waals surface area contributed by atoms with Crippen LogP contribution in [0.2, 0.25) is 0 Å². The minimum atomic E-state index is 0.862. The Kier molecular flexibility index (Phi) is 5.03. The number of benzene rings is 6. The van der Waals surface area contributed by atoms with Gasteiger partial charge >= 0.3 is 0 Å². The summed E-state index contributed by atoms with van der Waals surface area (Å²) in [6, 6.07) is 45.7. The smallest absolute Gasteiger partial charge is 0.137 e. The van der Waals surface area contributed by atoms with E-state index in [0.29, 0.717) is 0 Å². The fraction of sp³-hybridized carbons (Fsp3) is 0. The summed E-state index contributed by atoms with van der Waals surface area (Å²) in [5.41, 5.74) is 5.94. The van der Waals surface area contributed by atoms with E-state index in [1.807, 2.05) is 41.0 Å². The summed E-state index contributed by atoms with van der Waals surface area (Å²) in [5, 5.41) is 8.44. The molecule has 5 heteroatoms. The molecule has 0 aliphatic carbocycles. The molecule has 206 valence electrons. The number of rotatable bonds is 3. The minimum Gasteiger partial charge on any atom is -0.456 e. The molecule has 10 rings (SSSR count). The van der Waals surface area contributed by atoms with Gasteiger partial charge in [0.2, 0.25) is 0 Å². The van der Waals surface area contributed by atoms with E-state index < -0.39 is 0 Å². The molecule has 0 unspecified atom stereocenters. The Labute approximate surface area is 259 Å². The van der Waals surface area contributed by atoms with Gasteiger partial charge in [-0.1, -0.05) is 66.7 Å². The average Bonchev–Trinajstić information content (AvgIpc) is 3.75. The Balaban J connectivity index is 1.21. The third kappa shape index (κ3) is 3.51. The van der Waals surface area contributed by atoms with Crippen molar-refractivity contribution < 1.29 is 4.42 Å². The number of hydrogen-bond donors (Lipinski definition) is 0. The maximum absolute atomic E-state index is 6.16. The molecule has 6 aromatic carbocycles. The summed E-state index contributed by atoms with van der Waals surface area (Å²) in [5.74, 6) is 0. The lowest BCUT2D eigenvalue weighted by atomic mass is 10.1. The standard InChI is InChI=1S/C39H22N2OS2/c1-4-10-32-31(9-1)38-33(42-32)18-13-23-19-26(22-40-39(23)38)41(24-14-16-29-27-7-2-5-11-34(27)43-36(29)20-24)25-15-17-30-28-8-3-6-12-35(28)44-37(30)21-25/h1-22H. The molecule has 0 radical (unpaired) electrons. The van der Waals surface area contributed by atoms with Crippen LogP contribution in [0.25, 0.3) is 73.2 Å². The number of para-hydroxylation sites is 1. The van der Waals surface area contributed by atoms with Crippen LogP contribution in [0.1, 0.15) is 0 Å². The van der Waals surface area contributed by atoms with Gasteiger partial charge in [0.15, 0.2) is 0 Å². The predicted octanol–water partition coefficient (Wildman–Crippen LogP) is 12.3. The number of thiophene rings is 2. The molecule has 0 saturated heterocycles. The van der Waals surface area contributed by atoms with E-state index in [1.165, 1.54) is 40.3 Å². The van der Waals surface area contributed by atoms with Crippen LogP contribution in [0.4, 0.5) is 17.1 Å². The highest BCUT2D eigenvalue weighted by atomic mass is 32.1. The van der Waals surface area contributed by atoms with Crippen molar-refractivity contribution in [2.75, 3.05) is 4.90 Å². The van der Waals surface area contributed by atoms with Gasteiger partial charge in [0.25, 0.3) is 0 Å². The first-order valence-corrected chi connectivity index (χ1v) is 16.2. The summed E-state index contributed by atoms with van der Waals surface area (Å²) in [4.78, 5) is 7.45. The Bertz CT molecular complexity index is 2640. The highest BCUT2D eigenvalue weighted by Crippen LogP contribution is 2.44. The highest BCUT2D eigenvalue weighted by Gasteiger charge is 2.19. The molecule has 0 saturated carbocycles. The van der Waals surface area contributed by atoms with Crippen molar-refractivity contribution in [1.82, 2.24) is 4.98 Å². The molecule has 44 heavy (non-hydrogen) atoms. The topological polar surface area (TPSA) is 29.3 Å². The molecule has 0 fully saturated rings. The molecule has 0 atom stereocenters. The van der Waals surface area contributed by atoms with Crippen molar-refractivity contribution in [3.63, 3.8) is 0 Å². The van der Waals surface area contributed by atoms with Crippen LogP contribution in [-0.2, 0) is 0 Å². The van der Waals surface area contributed by atoms with Crippen LogP contribution >= 0.6 is 22.7 Å². The largest absolute Gasteiger partial charge is 0.456 e. The molecule has 0 aliphatic heterocycles. The van der Waals surface area contributed by atoms with Gasteiger partial charge in [-0.2, -0.15) is 0 Å². The van der Waals surface area contributed by atoms with Crippen LogP contribution in [0.15, 0.2) is 138 Å². The number of hydrogen-bond acceptors (Lipinski definition) is 5. The monoisotopic (exact) mass is 598 g/mol. The molecule has 4 heterocycles. The van der Waals surface area contributed by atoms with Crippen LogP contribution in [0.5, 0.6) is 0 Å². The third-order valence-electron chi connectivity index (χ3n) is 8.68. The summed E-state index contributed by atoms with van der Waals surface area (Å²) in [7, 11) is 0. The number of fused-ring (bicyclic) bond motifs is 11. The van der Waals surface area contributed by atoms with Crippen molar-refractivity contribution in [2.45, 2.75) is 0 Å². The van der Waals surface area contributed by atoms with Gasteiger partial charge in [0.1, 0.15) is 11.2 Å². The Morgan fingerprint density at radius 1 is 0.477 bits per heavy atom. The molecule has 0 bridgehead atoms. The molecular formula is C39H22N2OS2. The van der Waals surface area contributed by atoms with Crippen molar-refractivity contribution in [1.29, 1.82) is 0 Å². The number of nitrogens with zero attached hydrogens (tertiary/aromatic N) is 2. The Morgan fingerprint density at radius 3 is 1.75 bits per heavy atom. The molecule has 4 aromatic heterocycles. The molecule has 0 spiro atoms. The minimum absolute atomic E-state index is 0.862. The third-order valence-corrected chi connectivity index (χ3v) is 10.9. The lowest BCUT2D eigenvalue weighted by molar-refractivity contribution is 0.669. The van der Waals surface area contributed by atoms with Gasteiger partial charge in [-0.15, -0.1) is 22.7 Å². The molecule has 0 aliphatic rings. The van der Waals surface area contributed by atoms with Crippen LogP contribution in [0, 0.1) is 0 Å². The van der Waals surface area contributed by atoms with E-state index >= 15 is 0 Å². The maximum Gasteiger partial charge on any atom is 0.137 e. The summed E-state index contributed by atoms with van der Waals surface area (Å²) < 4.78 is 11.3. The van der Waals surface area contributed by atoms with Gasteiger partial charge in [0, 0.05) is 62.5 Å². The Hall–Kier alpha value is -5.23. The zero-order valence-electron chi connectivity index (χ0n) is 23.3. The van der Waals surface area contributed by atoms with Crippen molar-refractivity contribution in [2.24, 2.45) is 0 Å². The fourth-order valence-corrected chi connectivity index (χ4v) is 8.95. The van der Waals surface area contributed by atoms with Gasteiger partial charge in [0.05, 0.1) is 22.8 Å². The van der Waals surface area contributed by atoms with Crippen LogP contribution in [-0.4, -0.2) is 4.98 Å². The second-order valence-corrected chi connectivity index (χ2v) is 13.4. The average molecular weight is 599 g/mol. The molecular weight excluding hydrogens is 577 g/mol. The van der Waals surface area contributed by atoms with Gasteiger partial charge in [-0.05, 0) is 60.7 Å². The summed E-state index contributed by atoms with van der Waals surface area (Å²) in [6.07, 6.45) is 2.01. The number of aromatic nitrogens is 1. The first-order valence-electron chi connectivity index (χ1n) is 14.6. The number of furan rings is 1. The van der Waals surface area contributed by atoms with Gasteiger partial charge in [-0.3, -0.25) is 4.98 Å². The summed E-state index contributed by atoms with van der Waals surface area (Å²) in [6.45, 7) is 0. The van der Waals surface area contributed by atoms with Crippen molar-refractivity contribution in [3.8, 4) is 0 Å². The first kappa shape index (κ1) is 24.2. The summed E-state index contributed by atoms with van der Waals surface area (Å²) >= 11 is 3.69. The first-order chi connectivity index (χ1) is 21.8. The van der Waals surface area contributed by atoms with E-state index in [0.717, 1.165) is 49.9 Å². The highest BCUT2D eigenvalue weighted by molar-refractivity contribution is 7.26. The molecule has 0 N–H and O–H groups in total. The molecule has 3 nitrogen and oxygen atoms in total. The van der Waals surface area contributed by atoms with E-state index in [2.05, 4.69) is 120 Å². The lowest BCUT2D eigenvalue weighted by Gasteiger charge is -2.25. The second kappa shape index (κ2) is 9.13. The van der Waals surface area contributed by atoms with E-state index in [4.69, 9.17) is 9.40 Å². The normalized spacial score (nSPS) is 12.1. The lowest BCUT2D eigenvalue weighted by Crippen LogP contribution is -2.10. The SMILES string of the molecule is c1ccc2c(c1)oc1ccc3cc(N(c4ccc5c(c4)sc4ccccc45)c4ccc5c(c4)sc4ccccc45)cnc3c12. The van der Waals surface area contributed by atoms with Gasteiger partial charge in [-0.25, -0.2) is 0 Å². The van der Waals surface area contributed by atoms with E-state index in [1.54, 1.807) is 0 Å². The maximum atomic E-state index is 6.16. The predicted molar refractivity (Wildman–Crippen MR) is 189 cm³/mol. The van der Waals surface area contributed by atoms with Gasteiger partial charge < -0.3 is 9.32 Å². The van der Waals surface area contributed by atoms with Crippen molar-refractivity contribution >= 4 is 113 Å². The van der Waals surface area contributed by atoms with E-state index in [9.17, 15) is 0 Å². The second-order valence-electron chi connectivity index (χ2n) is 11.2. The number of pyridine rings is 1. The fourth-order valence-electron chi connectivity index (χ4n) is 6.67. The van der Waals surface area contributed by atoms with Crippen molar-refractivity contribution in [3.05, 3.63) is 134 Å². The quantitative estimate of drug-likeness (QED) is 0.203. The Morgan fingerprint density at radius 2 is 1.07 bits per heavy atom. The number of anilines is 3.